The van der Waals surface area contributed by atoms with E-state index in [9.17, 15) is 68.8 Å². The summed E-state index contributed by atoms with van der Waals surface area (Å²) in [6.07, 6.45) is -27.0. The van der Waals surface area contributed by atoms with Crippen molar-refractivity contribution in [2.24, 2.45) is 39.4 Å². The molecule has 10 N–H and O–H groups in total. The van der Waals surface area contributed by atoms with Crippen LogP contribution >= 0.6 is 0 Å². The Hall–Kier alpha value is -0.720. The minimum Gasteiger partial charge on any atom is -0.726 e. The van der Waals surface area contributed by atoms with Gasteiger partial charge in [-0.25, -0.2) is 8.42 Å². The number of rotatable bonds is 14. The molecule has 6 aliphatic heterocycles. The number of ether oxygens (including phenoxy) is 11. The average molecular weight is 1210 g/mol. The molecule has 28 heteroatoms. The summed E-state index contributed by atoms with van der Waals surface area (Å²) in [6, 6.07) is 0. The Morgan fingerprint density at radius 1 is 0.659 bits per heavy atom. The molecular formula is C54H85NaO26S. The van der Waals surface area contributed by atoms with Gasteiger partial charge < -0.3 is 108 Å². The number of hydrogen-bond donors (Lipinski definition) is 10. The molecule has 4 aliphatic carbocycles. The van der Waals surface area contributed by atoms with Crippen molar-refractivity contribution in [1.29, 1.82) is 0 Å². The number of aliphatic hydroxyl groups is 10. The Labute approximate surface area is 499 Å². The van der Waals surface area contributed by atoms with Gasteiger partial charge in [0.05, 0.1) is 49.8 Å². The topological polar surface area (TPSA) is 387 Å². The van der Waals surface area contributed by atoms with Crippen LogP contribution in [0.3, 0.4) is 0 Å². The number of esters is 1. The first-order valence-corrected chi connectivity index (χ1v) is 29.8. The van der Waals surface area contributed by atoms with Crippen LogP contribution in [-0.2, 0) is 71.5 Å². The minimum atomic E-state index is -5.43. The Morgan fingerprint density at radius 2 is 1.26 bits per heavy atom. The maximum absolute atomic E-state index is 14.6. The molecule has 464 valence electrons. The van der Waals surface area contributed by atoms with E-state index in [-0.39, 0.29) is 65.0 Å². The number of hydrogen-bond acceptors (Lipinski definition) is 26. The van der Waals surface area contributed by atoms with E-state index in [1.807, 2.05) is 26.8 Å². The van der Waals surface area contributed by atoms with Gasteiger partial charge in [-0.2, -0.15) is 0 Å². The number of allylic oxidation sites excluding steroid dienone is 1. The number of methoxy groups -OCH3 is 1. The van der Waals surface area contributed by atoms with Crippen LogP contribution < -0.4 is 29.6 Å². The number of cyclic esters (lactones) is 1. The van der Waals surface area contributed by atoms with Gasteiger partial charge in [0.15, 0.2) is 25.2 Å². The van der Waals surface area contributed by atoms with Gasteiger partial charge in [-0.3, -0.25) is 8.98 Å². The molecule has 6 saturated heterocycles. The van der Waals surface area contributed by atoms with Crippen molar-refractivity contribution in [3.8, 4) is 0 Å². The molecule has 0 aromatic heterocycles. The summed E-state index contributed by atoms with van der Waals surface area (Å²) in [5, 5.41) is 112. The van der Waals surface area contributed by atoms with Crippen molar-refractivity contribution < 1.29 is 155 Å². The van der Waals surface area contributed by atoms with Gasteiger partial charge in [-0.05, 0) is 107 Å². The molecule has 26 nitrogen and oxygen atoms in total. The molecule has 1 unspecified atom stereocenters. The van der Waals surface area contributed by atoms with E-state index >= 15 is 0 Å². The zero-order chi connectivity index (χ0) is 59.1. The zero-order valence-electron chi connectivity index (χ0n) is 48.2. The van der Waals surface area contributed by atoms with Crippen LogP contribution in [0.5, 0.6) is 0 Å². The molecule has 0 aromatic rings. The van der Waals surface area contributed by atoms with Gasteiger partial charge in [-0.15, -0.1) is 0 Å². The first-order chi connectivity index (χ1) is 37.8. The van der Waals surface area contributed by atoms with Crippen LogP contribution in [0.2, 0.25) is 0 Å². The molecule has 0 radical (unpaired) electrons. The van der Waals surface area contributed by atoms with E-state index in [2.05, 4.69) is 31.9 Å². The molecular weight excluding hydrogens is 1120 g/mol. The van der Waals surface area contributed by atoms with Gasteiger partial charge in [0.1, 0.15) is 96.5 Å². The summed E-state index contributed by atoms with van der Waals surface area (Å²) < 4.78 is 107. The Morgan fingerprint density at radius 3 is 1.85 bits per heavy atom. The quantitative estimate of drug-likeness (QED) is 0.0195. The van der Waals surface area contributed by atoms with Crippen LogP contribution in [0.25, 0.3) is 0 Å². The van der Waals surface area contributed by atoms with E-state index < -0.39 is 186 Å². The molecule has 10 aliphatic rings. The second kappa shape index (κ2) is 23.6. The first-order valence-electron chi connectivity index (χ1n) is 28.5. The molecule has 29 atom stereocenters. The maximum Gasteiger partial charge on any atom is 1.00 e. The largest absolute Gasteiger partial charge is 1.00 e. The molecule has 9 fully saturated rings. The summed E-state index contributed by atoms with van der Waals surface area (Å²) in [5.41, 5.74) is -3.09. The van der Waals surface area contributed by atoms with Gasteiger partial charge in [0.25, 0.3) is 0 Å². The summed E-state index contributed by atoms with van der Waals surface area (Å²) in [5.74, 6) is -0.736. The molecule has 0 amide bonds. The van der Waals surface area contributed by atoms with E-state index in [4.69, 9.17) is 52.1 Å². The summed E-state index contributed by atoms with van der Waals surface area (Å²) in [6.45, 7) is 13.7. The molecule has 1 spiro atoms. The third-order valence-electron chi connectivity index (χ3n) is 21.2. The van der Waals surface area contributed by atoms with Crippen LogP contribution in [0.1, 0.15) is 107 Å². The average Bonchev–Trinajstić information content (AvgIpc) is 1.46. The monoisotopic (exact) mass is 1200 g/mol. The van der Waals surface area contributed by atoms with Crippen molar-refractivity contribution in [3.63, 3.8) is 0 Å². The molecule has 0 aromatic carbocycles. The first kappa shape index (κ1) is 65.7. The van der Waals surface area contributed by atoms with Crippen LogP contribution in [0.15, 0.2) is 11.6 Å². The Balaban J connectivity index is 0.00000810. The second-order valence-electron chi connectivity index (χ2n) is 26.3. The van der Waals surface area contributed by atoms with Crippen molar-refractivity contribution in [2.75, 3.05) is 26.9 Å². The van der Waals surface area contributed by atoms with Crippen molar-refractivity contribution >= 4 is 16.4 Å². The molecule has 3 saturated carbocycles. The molecule has 10 rings (SSSR count). The van der Waals surface area contributed by atoms with Crippen molar-refractivity contribution in [1.82, 2.24) is 0 Å². The van der Waals surface area contributed by atoms with E-state index in [1.165, 1.54) is 14.0 Å². The summed E-state index contributed by atoms with van der Waals surface area (Å²) in [7, 11) is -4.25. The predicted octanol–water partition coefficient (Wildman–Crippen LogP) is -4.72. The third kappa shape index (κ3) is 10.7. The van der Waals surface area contributed by atoms with Gasteiger partial charge in [0, 0.05) is 13.0 Å². The normalized spacial score (nSPS) is 52.6. The fourth-order valence-electron chi connectivity index (χ4n) is 17.0. The zero-order valence-corrected chi connectivity index (χ0v) is 51.0. The van der Waals surface area contributed by atoms with E-state index in [1.54, 1.807) is 0 Å². The van der Waals surface area contributed by atoms with Gasteiger partial charge in [0.2, 0.25) is 10.4 Å². The van der Waals surface area contributed by atoms with Crippen molar-refractivity contribution in [2.45, 2.75) is 253 Å². The van der Waals surface area contributed by atoms with E-state index in [0.717, 1.165) is 31.3 Å². The summed E-state index contributed by atoms with van der Waals surface area (Å²) in [4.78, 5) is 14.6. The SMILES string of the molecule is CO[C@@H]1[C@@H](O)[C@H](O[C@@H]2[C@@H](O)[C@H](O[C@H]3[C@H](O)[C@@H](O)[C@H](O[C@H]4[C@H](O[C@H]5CC[C@]6(C)C7=C[C@H](O)[C@@]89C(=O)O[C@@](C)(C%10CCC(C)(C)O%10)[C@H]8CC[C@@]9(C)[C@@H]7CC[C@H]6C5(C)C)OC[C@@H](OS(=O)(=O)[O-])[C@@H]4O)O[C@@H]3C)O[C@H](CO)[C@H]2O)O[C@H](CO)[C@H]1O.[Na+]. The number of fused-ring (bicyclic) bond motifs is 4. The van der Waals surface area contributed by atoms with E-state index in [0.29, 0.717) is 25.7 Å². The third-order valence-corrected chi connectivity index (χ3v) is 21.7. The maximum atomic E-state index is 14.6. The fourth-order valence-corrected chi connectivity index (χ4v) is 17.4. The van der Waals surface area contributed by atoms with Crippen LogP contribution in [0, 0.1) is 39.4 Å². The second-order valence-corrected chi connectivity index (χ2v) is 27.4. The number of carbonyl (C=O) groups excluding carboxylic acids is 1. The molecule has 82 heavy (non-hydrogen) atoms. The Bertz CT molecular complexity index is 2440. The summed E-state index contributed by atoms with van der Waals surface area (Å²) >= 11 is 0. The van der Waals surface area contributed by atoms with Crippen LogP contribution in [-0.4, -0.2) is 243 Å². The predicted molar refractivity (Wildman–Crippen MR) is 270 cm³/mol. The van der Waals surface area contributed by atoms with Crippen molar-refractivity contribution in [3.05, 3.63) is 11.6 Å². The standard InChI is InChI=1S/C54H86O26S.Na/c1-22-40(75-46-39(64)42(34(59)26(20-56)73-46)76-45-38(63)41(69-9)33(58)25(19-55)72-45)36(61)37(62)44(71-22)77-43-35(60)27(80-81(66,67)68)21-70-47(43)74-31-14-16-51(6)24-18-30(57)54-29(53(8,79-48(54)65)32-13-15-49(2,3)78-32)12-17-52(54,7)23(24)10-11-28(51)50(31,4)5;/h18,22-23,25-47,55-64H,10-17,19-21H2,1-9H3,(H,66,67,68);/q;+1/p-1/t22-,23-,25-,26-,27-,28+,29-,30+,31+,32?,33-,34-,35+,36-,37-,38-,39-,40-,41+,42+,43-,44+,45+,46+,47+,51-,52+,53-,54-;/m1./s1. The minimum absolute atomic E-state index is 0. The van der Waals surface area contributed by atoms with Gasteiger partial charge >= 0.3 is 35.5 Å². The fraction of sp³-hybridized carbons (Fsp3) is 0.944. The molecule has 0 bridgehead atoms. The number of carbonyl (C=O) groups is 1. The van der Waals surface area contributed by atoms with Gasteiger partial charge in [-0.1, -0.05) is 39.3 Å². The number of aliphatic hydroxyl groups excluding tert-OH is 10. The Kier molecular flexibility index (Phi) is 18.9. The molecule has 6 heterocycles. The van der Waals surface area contributed by atoms with Crippen LogP contribution in [0.4, 0.5) is 0 Å². The smallest absolute Gasteiger partial charge is 0.726 e.